The smallest absolute Gasteiger partial charge is 0.127 e. The number of halogens is 2. The molecule has 0 aliphatic heterocycles. The lowest BCUT2D eigenvalue weighted by Gasteiger charge is -2.14. The van der Waals surface area contributed by atoms with Crippen molar-refractivity contribution >= 4 is 11.6 Å². The first-order chi connectivity index (χ1) is 10.2. The number of phenols is 1. The Morgan fingerprint density at radius 2 is 1.90 bits per heavy atom. The molecule has 21 heavy (non-hydrogen) atoms. The van der Waals surface area contributed by atoms with Gasteiger partial charge in [0.25, 0.3) is 0 Å². The summed E-state index contributed by atoms with van der Waals surface area (Å²) in [5.41, 5.74) is 2.45. The molecule has 0 aromatic heterocycles. The highest BCUT2D eigenvalue weighted by molar-refractivity contribution is 6.17. The fourth-order valence-electron chi connectivity index (χ4n) is 2.12. The van der Waals surface area contributed by atoms with E-state index in [2.05, 4.69) is 0 Å². The number of benzene rings is 2. The summed E-state index contributed by atoms with van der Waals surface area (Å²) in [6.07, 6.45) is 1.54. The second kappa shape index (κ2) is 7.32. The Balaban J connectivity index is 2.33. The first-order valence-corrected chi connectivity index (χ1v) is 7.49. The Kier molecular flexibility index (Phi) is 5.45. The quantitative estimate of drug-likeness (QED) is 0.615. The largest absolute Gasteiger partial charge is 0.507 e. The molecule has 4 heteroatoms. The molecule has 0 radical (unpaired) electrons. The van der Waals surface area contributed by atoms with Crippen molar-refractivity contribution < 1.29 is 14.2 Å². The lowest BCUT2D eigenvalue weighted by atomic mass is 10.00. The average Bonchev–Trinajstić information content (AvgIpc) is 2.49. The average molecular weight is 309 g/mol. The second-order valence-electron chi connectivity index (χ2n) is 4.73. The zero-order chi connectivity index (χ0) is 15.2. The van der Waals surface area contributed by atoms with Crippen LogP contribution in [0.3, 0.4) is 0 Å². The third-order valence-corrected chi connectivity index (χ3v) is 3.52. The van der Waals surface area contributed by atoms with Crippen LogP contribution in [-0.4, -0.2) is 17.6 Å². The minimum Gasteiger partial charge on any atom is -0.507 e. The summed E-state index contributed by atoms with van der Waals surface area (Å²) in [7, 11) is 0. The van der Waals surface area contributed by atoms with E-state index in [1.807, 2.05) is 13.0 Å². The van der Waals surface area contributed by atoms with Crippen LogP contribution in [0.2, 0.25) is 0 Å². The van der Waals surface area contributed by atoms with Crippen LogP contribution in [0.5, 0.6) is 11.5 Å². The maximum Gasteiger partial charge on any atom is 0.127 e. The van der Waals surface area contributed by atoms with Gasteiger partial charge in [0.15, 0.2) is 0 Å². The standard InChI is InChI=1S/C17H18ClFO2/c1-2-12-10-15(13-4-6-14(19)7-5-13)16(20)11-17(12)21-9-3-8-18/h4-7,10-11,20H,2-3,8-9H2,1H3. The molecule has 0 spiro atoms. The molecular formula is C17H18ClFO2. The zero-order valence-electron chi connectivity index (χ0n) is 11.9. The first-order valence-electron chi connectivity index (χ1n) is 6.96. The van der Waals surface area contributed by atoms with Gasteiger partial charge in [-0.25, -0.2) is 4.39 Å². The molecule has 0 bridgehead atoms. The molecule has 0 unspecified atom stereocenters. The summed E-state index contributed by atoms with van der Waals surface area (Å²) in [4.78, 5) is 0. The van der Waals surface area contributed by atoms with E-state index >= 15 is 0 Å². The number of aryl methyl sites for hydroxylation is 1. The highest BCUT2D eigenvalue weighted by atomic mass is 35.5. The van der Waals surface area contributed by atoms with Crippen molar-refractivity contribution in [2.45, 2.75) is 19.8 Å². The SMILES string of the molecule is CCc1cc(-c2ccc(F)cc2)c(O)cc1OCCCCl. The van der Waals surface area contributed by atoms with Crippen LogP contribution in [0.4, 0.5) is 4.39 Å². The number of hydrogen-bond donors (Lipinski definition) is 1. The molecule has 2 aromatic carbocycles. The Labute approximate surface area is 129 Å². The Morgan fingerprint density at radius 1 is 1.19 bits per heavy atom. The van der Waals surface area contributed by atoms with E-state index in [-0.39, 0.29) is 11.6 Å². The summed E-state index contributed by atoms with van der Waals surface area (Å²) >= 11 is 5.63. The Hall–Kier alpha value is -1.74. The fraction of sp³-hybridized carbons (Fsp3) is 0.294. The van der Waals surface area contributed by atoms with Gasteiger partial charge in [-0.3, -0.25) is 0 Å². The van der Waals surface area contributed by atoms with Crippen molar-refractivity contribution in [3.63, 3.8) is 0 Å². The van der Waals surface area contributed by atoms with E-state index in [1.54, 1.807) is 18.2 Å². The van der Waals surface area contributed by atoms with Gasteiger partial charge in [0.2, 0.25) is 0 Å². The highest BCUT2D eigenvalue weighted by Crippen LogP contribution is 2.35. The highest BCUT2D eigenvalue weighted by Gasteiger charge is 2.11. The van der Waals surface area contributed by atoms with Gasteiger partial charge >= 0.3 is 0 Å². The van der Waals surface area contributed by atoms with Crippen molar-refractivity contribution in [3.05, 3.63) is 47.8 Å². The molecule has 1 N–H and O–H groups in total. The van der Waals surface area contributed by atoms with Crippen molar-refractivity contribution in [1.29, 1.82) is 0 Å². The van der Waals surface area contributed by atoms with Crippen LogP contribution in [0.15, 0.2) is 36.4 Å². The molecule has 0 aliphatic carbocycles. The predicted molar refractivity (Wildman–Crippen MR) is 83.7 cm³/mol. The van der Waals surface area contributed by atoms with E-state index < -0.39 is 0 Å². The van der Waals surface area contributed by atoms with Crippen molar-refractivity contribution in [1.82, 2.24) is 0 Å². The molecule has 0 saturated heterocycles. The van der Waals surface area contributed by atoms with E-state index in [9.17, 15) is 9.50 Å². The van der Waals surface area contributed by atoms with Gasteiger partial charge in [-0.1, -0.05) is 19.1 Å². The predicted octanol–water partition coefficient (Wildman–Crippen LogP) is 4.77. The third-order valence-electron chi connectivity index (χ3n) is 3.25. The van der Waals surface area contributed by atoms with Gasteiger partial charge in [0.05, 0.1) is 6.61 Å². The lowest BCUT2D eigenvalue weighted by molar-refractivity contribution is 0.313. The number of rotatable bonds is 6. The molecule has 0 fully saturated rings. The molecule has 0 amide bonds. The number of hydrogen-bond acceptors (Lipinski definition) is 2. The van der Waals surface area contributed by atoms with E-state index in [0.29, 0.717) is 23.8 Å². The lowest BCUT2D eigenvalue weighted by Crippen LogP contribution is -2.01. The van der Waals surface area contributed by atoms with Crippen LogP contribution in [0.25, 0.3) is 11.1 Å². The van der Waals surface area contributed by atoms with Gasteiger partial charge in [0, 0.05) is 17.5 Å². The summed E-state index contributed by atoms with van der Waals surface area (Å²) in [6, 6.07) is 9.57. The summed E-state index contributed by atoms with van der Waals surface area (Å²) < 4.78 is 18.6. The second-order valence-corrected chi connectivity index (χ2v) is 5.11. The van der Waals surface area contributed by atoms with Crippen LogP contribution >= 0.6 is 11.6 Å². The first kappa shape index (κ1) is 15.6. The topological polar surface area (TPSA) is 29.5 Å². The summed E-state index contributed by atoms with van der Waals surface area (Å²) in [5.74, 6) is 1.04. The monoisotopic (exact) mass is 308 g/mol. The molecular weight excluding hydrogens is 291 g/mol. The van der Waals surface area contributed by atoms with Crippen LogP contribution in [-0.2, 0) is 6.42 Å². The number of phenolic OH excluding ortho intramolecular Hbond substituents is 1. The van der Waals surface area contributed by atoms with E-state index in [0.717, 1.165) is 24.0 Å². The van der Waals surface area contributed by atoms with Gasteiger partial charge < -0.3 is 9.84 Å². The van der Waals surface area contributed by atoms with E-state index in [4.69, 9.17) is 16.3 Å². The number of alkyl halides is 1. The fourth-order valence-corrected chi connectivity index (χ4v) is 2.23. The summed E-state index contributed by atoms with van der Waals surface area (Å²) in [6.45, 7) is 2.54. The molecule has 2 nitrogen and oxygen atoms in total. The molecule has 0 saturated carbocycles. The molecule has 112 valence electrons. The number of ether oxygens (including phenoxy) is 1. The van der Waals surface area contributed by atoms with Crippen LogP contribution in [0, 0.1) is 5.82 Å². The number of aromatic hydroxyl groups is 1. The van der Waals surface area contributed by atoms with Gasteiger partial charge in [-0.15, -0.1) is 11.6 Å². The minimum absolute atomic E-state index is 0.125. The molecule has 2 rings (SSSR count). The van der Waals surface area contributed by atoms with Crippen LogP contribution in [0.1, 0.15) is 18.9 Å². The third kappa shape index (κ3) is 3.88. The molecule has 0 aliphatic rings. The van der Waals surface area contributed by atoms with Gasteiger partial charge in [-0.2, -0.15) is 0 Å². The van der Waals surface area contributed by atoms with Crippen molar-refractivity contribution in [2.24, 2.45) is 0 Å². The zero-order valence-corrected chi connectivity index (χ0v) is 12.7. The Morgan fingerprint density at radius 3 is 2.52 bits per heavy atom. The molecule has 2 aromatic rings. The maximum absolute atomic E-state index is 13.0. The maximum atomic E-state index is 13.0. The normalized spacial score (nSPS) is 10.6. The van der Waals surface area contributed by atoms with Gasteiger partial charge in [-0.05, 0) is 42.2 Å². The van der Waals surface area contributed by atoms with Crippen LogP contribution < -0.4 is 4.74 Å². The summed E-state index contributed by atoms with van der Waals surface area (Å²) in [5, 5.41) is 10.2. The van der Waals surface area contributed by atoms with Crippen molar-refractivity contribution in [2.75, 3.05) is 12.5 Å². The minimum atomic E-state index is -0.296. The molecule has 0 heterocycles. The Bertz CT molecular complexity index is 596. The van der Waals surface area contributed by atoms with E-state index in [1.165, 1.54) is 12.1 Å². The van der Waals surface area contributed by atoms with Crippen molar-refractivity contribution in [3.8, 4) is 22.6 Å². The molecule has 0 atom stereocenters. The van der Waals surface area contributed by atoms with Gasteiger partial charge in [0.1, 0.15) is 17.3 Å².